The third kappa shape index (κ3) is 8.55. The molecule has 26 heavy (non-hydrogen) atoms. The average molecular weight is 471 g/mol. The van der Waals surface area contributed by atoms with Gasteiger partial charge < -0.3 is 15.4 Å². The molecule has 1 aromatic heterocycles. The normalized spacial score (nSPS) is 10.9. The van der Waals surface area contributed by atoms with E-state index in [2.05, 4.69) is 39.8 Å². The number of rotatable bonds is 10. The Morgan fingerprint density at radius 1 is 1.23 bits per heavy atom. The van der Waals surface area contributed by atoms with Crippen molar-refractivity contribution in [2.45, 2.75) is 39.3 Å². The van der Waals surface area contributed by atoms with Gasteiger partial charge in [0.2, 0.25) is 0 Å². The second-order valence-electron chi connectivity index (χ2n) is 5.82. The number of aryl methyl sites for hydroxylation is 1. The number of hydrogen-bond acceptors (Lipinski definition) is 3. The first-order valence-electron chi connectivity index (χ1n) is 8.95. The Morgan fingerprint density at radius 2 is 2.12 bits per heavy atom. The van der Waals surface area contributed by atoms with E-state index in [1.807, 2.05) is 29.1 Å². The van der Waals surface area contributed by atoms with Gasteiger partial charge in [-0.2, -0.15) is 5.10 Å². The summed E-state index contributed by atoms with van der Waals surface area (Å²) in [6.07, 6.45) is 6.99. The molecule has 0 aliphatic rings. The number of nitrogens with one attached hydrogen (secondary N) is 2. The van der Waals surface area contributed by atoms with Crippen LogP contribution in [0.25, 0.3) is 0 Å². The van der Waals surface area contributed by atoms with Crippen LogP contribution in [0.5, 0.6) is 5.75 Å². The maximum absolute atomic E-state index is 5.75. The number of nitrogens with zero attached hydrogens (tertiary/aromatic N) is 3. The second-order valence-corrected chi connectivity index (χ2v) is 5.82. The molecule has 0 aliphatic carbocycles. The molecule has 2 aromatic rings. The zero-order chi connectivity index (χ0) is 17.7. The van der Waals surface area contributed by atoms with E-state index in [9.17, 15) is 0 Å². The lowest BCUT2D eigenvalue weighted by Crippen LogP contribution is -2.37. The Morgan fingerprint density at radius 3 is 2.85 bits per heavy atom. The van der Waals surface area contributed by atoms with Crippen molar-refractivity contribution in [1.82, 2.24) is 20.4 Å². The van der Waals surface area contributed by atoms with E-state index in [1.165, 1.54) is 5.56 Å². The number of guanidine groups is 1. The van der Waals surface area contributed by atoms with Gasteiger partial charge in [0.05, 0.1) is 6.61 Å². The minimum atomic E-state index is 0. The molecule has 0 bridgehead atoms. The van der Waals surface area contributed by atoms with E-state index in [0.29, 0.717) is 6.54 Å². The molecule has 0 fully saturated rings. The fraction of sp³-hybridized carbons (Fsp3) is 0.474. The molecule has 7 heteroatoms. The Labute approximate surface area is 173 Å². The van der Waals surface area contributed by atoms with Crippen molar-refractivity contribution < 1.29 is 4.74 Å². The van der Waals surface area contributed by atoms with Gasteiger partial charge in [-0.1, -0.05) is 25.5 Å². The minimum absolute atomic E-state index is 0. The molecule has 0 amide bonds. The summed E-state index contributed by atoms with van der Waals surface area (Å²) in [6, 6.07) is 10.1. The van der Waals surface area contributed by atoms with Crippen LogP contribution in [0.15, 0.2) is 47.7 Å². The highest BCUT2D eigenvalue weighted by atomic mass is 127. The van der Waals surface area contributed by atoms with Crippen LogP contribution in [-0.2, 0) is 13.1 Å². The summed E-state index contributed by atoms with van der Waals surface area (Å²) in [5.41, 5.74) is 1.17. The van der Waals surface area contributed by atoms with E-state index in [0.717, 1.165) is 50.7 Å². The van der Waals surface area contributed by atoms with E-state index in [-0.39, 0.29) is 24.0 Å². The summed E-state index contributed by atoms with van der Waals surface area (Å²) in [5.74, 6) is 1.73. The molecule has 0 spiro atoms. The average Bonchev–Trinajstić information content (AvgIpc) is 3.15. The monoisotopic (exact) mass is 471 g/mol. The van der Waals surface area contributed by atoms with Gasteiger partial charge in [-0.3, -0.25) is 9.67 Å². The van der Waals surface area contributed by atoms with Crippen LogP contribution >= 0.6 is 24.0 Å². The molecular weight excluding hydrogens is 441 g/mol. The quantitative estimate of drug-likeness (QED) is 0.241. The third-order valence-electron chi connectivity index (χ3n) is 3.76. The molecule has 144 valence electrons. The summed E-state index contributed by atoms with van der Waals surface area (Å²) in [4.78, 5) is 4.26. The standard InChI is InChI=1S/C19H29N5O.HI/c1-3-4-14-25-18-9-5-8-17(15-18)16-22-19(20-2)21-10-6-12-24-13-7-11-23-24;/h5,7-9,11,13,15H,3-4,6,10,12,14,16H2,1-2H3,(H2,20,21,22);1H. The van der Waals surface area contributed by atoms with Crippen molar-refractivity contribution in [3.8, 4) is 5.75 Å². The first kappa shape index (κ1) is 22.3. The first-order chi connectivity index (χ1) is 12.3. The van der Waals surface area contributed by atoms with Gasteiger partial charge in [0.15, 0.2) is 5.96 Å². The van der Waals surface area contributed by atoms with Gasteiger partial charge >= 0.3 is 0 Å². The fourth-order valence-electron chi connectivity index (χ4n) is 2.37. The Balaban J connectivity index is 0.00000338. The first-order valence-corrected chi connectivity index (χ1v) is 8.95. The molecule has 1 aromatic carbocycles. The van der Waals surface area contributed by atoms with Gasteiger partial charge in [0, 0.05) is 39.1 Å². The number of aromatic nitrogens is 2. The molecule has 0 saturated carbocycles. The van der Waals surface area contributed by atoms with Crippen LogP contribution < -0.4 is 15.4 Å². The molecule has 2 N–H and O–H groups in total. The zero-order valence-electron chi connectivity index (χ0n) is 15.6. The highest BCUT2D eigenvalue weighted by Crippen LogP contribution is 2.13. The molecule has 0 atom stereocenters. The van der Waals surface area contributed by atoms with Crippen molar-refractivity contribution in [1.29, 1.82) is 0 Å². The largest absolute Gasteiger partial charge is 0.494 e. The predicted molar refractivity (Wildman–Crippen MR) is 117 cm³/mol. The minimum Gasteiger partial charge on any atom is -0.494 e. The lowest BCUT2D eigenvalue weighted by atomic mass is 10.2. The maximum Gasteiger partial charge on any atom is 0.191 e. The van der Waals surface area contributed by atoms with Crippen LogP contribution in [0.2, 0.25) is 0 Å². The molecule has 2 rings (SSSR count). The second kappa shape index (κ2) is 13.4. The van der Waals surface area contributed by atoms with Crippen molar-refractivity contribution in [2.75, 3.05) is 20.2 Å². The number of ether oxygens (including phenoxy) is 1. The highest BCUT2D eigenvalue weighted by molar-refractivity contribution is 14.0. The summed E-state index contributed by atoms with van der Waals surface area (Å²) < 4.78 is 7.69. The van der Waals surface area contributed by atoms with Crippen LogP contribution in [-0.4, -0.2) is 35.9 Å². The number of aliphatic imine (C=N–C) groups is 1. The van der Waals surface area contributed by atoms with E-state index in [4.69, 9.17) is 4.74 Å². The van der Waals surface area contributed by atoms with Crippen LogP contribution in [0.3, 0.4) is 0 Å². The van der Waals surface area contributed by atoms with Crippen molar-refractivity contribution >= 4 is 29.9 Å². The van der Waals surface area contributed by atoms with Crippen molar-refractivity contribution in [2.24, 2.45) is 4.99 Å². The maximum atomic E-state index is 5.75. The van der Waals surface area contributed by atoms with Crippen LogP contribution in [0, 0.1) is 0 Å². The lowest BCUT2D eigenvalue weighted by Gasteiger charge is -2.13. The molecular formula is C19H30IN5O. The third-order valence-corrected chi connectivity index (χ3v) is 3.76. The number of benzene rings is 1. The van der Waals surface area contributed by atoms with E-state index >= 15 is 0 Å². The van der Waals surface area contributed by atoms with E-state index < -0.39 is 0 Å². The topological polar surface area (TPSA) is 63.5 Å². The van der Waals surface area contributed by atoms with Crippen molar-refractivity contribution in [3.63, 3.8) is 0 Å². The van der Waals surface area contributed by atoms with Crippen LogP contribution in [0.4, 0.5) is 0 Å². The summed E-state index contributed by atoms with van der Waals surface area (Å²) >= 11 is 0. The predicted octanol–water partition coefficient (Wildman–Crippen LogP) is 3.44. The van der Waals surface area contributed by atoms with Gasteiger partial charge in [-0.25, -0.2) is 0 Å². The molecule has 0 saturated heterocycles. The molecule has 0 radical (unpaired) electrons. The lowest BCUT2D eigenvalue weighted by molar-refractivity contribution is 0.309. The van der Waals surface area contributed by atoms with Crippen molar-refractivity contribution in [3.05, 3.63) is 48.3 Å². The highest BCUT2D eigenvalue weighted by Gasteiger charge is 2.00. The summed E-state index contributed by atoms with van der Waals surface area (Å²) in [5, 5.41) is 10.9. The van der Waals surface area contributed by atoms with E-state index in [1.54, 1.807) is 13.2 Å². The summed E-state index contributed by atoms with van der Waals surface area (Å²) in [6.45, 7) is 5.39. The van der Waals surface area contributed by atoms with Gasteiger partial charge in [-0.05, 0) is 36.6 Å². The SMILES string of the molecule is CCCCOc1cccc(CNC(=NC)NCCCn2cccn2)c1.I. The Kier molecular flexibility index (Phi) is 11.5. The zero-order valence-corrected chi connectivity index (χ0v) is 18.0. The summed E-state index contributed by atoms with van der Waals surface area (Å²) in [7, 11) is 1.78. The van der Waals surface area contributed by atoms with Gasteiger partial charge in [0.25, 0.3) is 0 Å². The molecule has 0 unspecified atom stereocenters. The van der Waals surface area contributed by atoms with Gasteiger partial charge in [-0.15, -0.1) is 24.0 Å². The Hall–Kier alpha value is -1.77. The molecule has 6 nitrogen and oxygen atoms in total. The molecule has 1 heterocycles. The molecule has 0 aliphatic heterocycles. The number of hydrogen-bond donors (Lipinski definition) is 2. The fourth-order valence-corrected chi connectivity index (χ4v) is 2.37. The number of halogens is 1. The smallest absolute Gasteiger partial charge is 0.191 e. The van der Waals surface area contributed by atoms with Gasteiger partial charge in [0.1, 0.15) is 5.75 Å². The van der Waals surface area contributed by atoms with Crippen LogP contribution in [0.1, 0.15) is 31.7 Å². The number of unbranched alkanes of at least 4 members (excludes halogenated alkanes) is 1. The Bertz CT molecular complexity index is 631.